The van der Waals surface area contributed by atoms with Crippen molar-refractivity contribution >= 4 is 0 Å². The second kappa shape index (κ2) is 6.96. The number of hydrogen-bond donors (Lipinski definition) is 4. The fourth-order valence-electron chi connectivity index (χ4n) is 2.11. The normalized spacial score (nSPS) is 28.9. The first-order valence-electron chi connectivity index (χ1n) is 6.65. The van der Waals surface area contributed by atoms with Crippen LogP contribution in [0.25, 0.3) is 0 Å². The lowest BCUT2D eigenvalue weighted by Crippen LogP contribution is -2.37. The Morgan fingerprint density at radius 2 is 2.14 bits per heavy atom. The van der Waals surface area contributed by atoms with Crippen molar-refractivity contribution in [2.75, 3.05) is 19.8 Å². The summed E-state index contributed by atoms with van der Waals surface area (Å²) in [5.41, 5.74) is 4.06. The average Bonchev–Trinajstić information content (AvgIpc) is 2.72. The van der Waals surface area contributed by atoms with Crippen molar-refractivity contribution in [1.82, 2.24) is 9.55 Å². The van der Waals surface area contributed by atoms with Gasteiger partial charge >= 0.3 is 5.69 Å². The lowest BCUT2D eigenvalue weighted by atomic mass is 10.1. The van der Waals surface area contributed by atoms with E-state index in [1.165, 1.54) is 6.20 Å². The van der Waals surface area contributed by atoms with E-state index >= 15 is 0 Å². The predicted molar refractivity (Wildman–Crippen MR) is 71.7 cm³/mol. The Labute approximate surface area is 119 Å². The number of hydrogen-bond acceptors (Lipinski definition) is 7. The SMILES string of the molecule is NCCCOC[C@H]1O[C@@H](n2ccc(=O)[nH]c2=O)[C@H](O)[C@@H]1O. The molecule has 21 heavy (non-hydrogen) atoms. The van der Waals surface area contributed by atoms with E-state index in [4.69, 9.17) is 15.2 Å². The van der Waals surface area contributed by atoms with Gasteiger partial charge in [-0.05, 0) is 13.0 Å². The summed E-state index contributed by atoms with van der Waals surface area (Å²) in [6.07, 6.45) is -2.44. The topological polar surface area (TPSA) is 140 Å². The van der Waals surface area contributed by atoms with Crippen LogP contribution < -0.4 is 17.0 Å². The van der Waals surface area contributed by atoms with E-state index < -0.39 is 35.8 Å². The minimum Gasteiger partial charge on any atom is -0.387 e. The molecule has 0 amide bonds. The summed E-state index contributed by atoms with van der Waals surface area (Å²) in [5.74, 6) is 0. The van der Waals surface area contributed by atoms with E-state index in [0.717, 1.165) is 10.6 Å². The van der Waals surface area contributed by atoms with Crippen LogP contribution in [0.4, 0.5) is 0 Å². The van der Waals surface area contributed by atoms with Crippen molar-refractivity contribution in [3.63, 3.8) is 0 Å². The highest BCUT2D eigenvalue weighted by Gasteiger charge is 2.44. The van der Waals surface area contributed by atoms with E-state index in [2.05, 4.69) is 4.98 Å². The Morgan fingerprint density at radius 1 is 1.38 bits per heavy atom. The molecule has 9 nitrogen and oxygen atoms in total. The van der Waals surface area contributed by atoms with Crippen molar-refractivity contribution in [2.24, 2.45) is 5.73 Å². The summed E-state index contributed by atoms with van der Waals surface area (Å²) in [5, 5.41) is 19.9. The zero-order valence-corrected chi connectivity index (χ0v) is 11.3. The minimum atomic E-state index is -1.29. The number of nitrogens with one attached hydrogen (secondary N) is 1. The third kappa shape index (κ3) is 3.57. The molecule has 0 bridgehead atoms. The van der Waals surface area contributed by atoms with Gasteiger partial charge in [-0.25, -0.2) is 4.79 Å². The van der Waals surface area contributed by atoms with Gasteiger partial charge in [-0.2, -0.15) is 0 Å². The highest BCUT2D eigenvalue weighted by atomic mass is 16.6. The van der Waals surface area contributed by atoms with E-state index in [-0.39, 0.29) is 6.61 Å². The molecule has 1 saturated heterocycles. The fraction of sp³-hybridized carbons (Fsp3) is 0.667. The summed E-state index contributed by atoms with van der Waals surface area (Å²) in [6.45, 7) is 0.987. The van der Waals surface area contributed by atoms with E-state index in [9.17, 15) is 19.8 Å². The number of aliphatic hydroxyl groups is 2. The van der Waals surface area contributed by atoms with Crippen LogP contribution in [-0.2, 0) is 9.47 Å². The van der Waals surface area contributed by atoms with E-state index in [1.807, 2.05) is 0 Å². The van der Waals surface area contributed by atoms with Crippen LogP contribution in [0.2, 0.25) is 0 Å². The number of aromatic nitrogens is 2. The molecule has 118 valence electrons. The fourth-order valence-corrected chi connectivity index (χ4v) is 2.11. The number of aromatic amines is 1. The van der Waals surface area contributed by atoms with Crippen LogP contribution in [0.5, 0.6) is 0 Å². The second-order valence-electron chi connectivity index (χ2n) is 4.78. The molecule has 4 atom stereocenters. The lowest BCUT2D eigenvalue weighted by molar-refractivity contribution is -0.0683. The Morgan fingerprint density at radius 3 is 2.81 bits per heavy atom. The highest BCUT2D eigenvalue weighted by molar-refractivity contribution is 4.93. The molecule has 1 aromatic rings. The summed E-state index contributed by atoms with van der Waals surface area (Å²) < 4.78 is 11.8. The van der Waals surface area contributed by atoms with Gasteiger partial charge in [0.1, 0.15) is 18.3 Å². The molecule has 0 aliphatic carbocycles. The van der Waals surface area contributed by atoms with Crippen molar-refractivity contribution in [1.29, 1.82) is 0 Å². The molecule has 1 fully saturated rings. The second-order valence-corrected chi connectivity index (χ2v) is 4.78. The van der Waals surface area contributed by atoms with Gasteiger partial charge in [0.15, 0.2) is 6.23 Å². The number of nitrogens with two attached hydrogens (primary N) is 1. The van der Waals surface area contributed by atoms with Gasteiger partial charge in [0.05, 0.1) is 6.61 Å². The Balaban J connectivity index is 2.05. The number of nitrogens with zero attached hydrogens (tertiary/aromatic N) is 1. The summed E-state index contributed by atoms with van der Waals surface area (Å²) in [4.78, 5) is 24.8. The first kappa shape index (κ1) is 15.9. The van der Waals surface area contributed by atoms with Crippen LogP contribution in [-0.4, -0.2) is 57.8 Å². The van der Waals surface area contributed by atoms with Gasteiger partial charge in [-0.1, -0.05) is 0 Å². The van der Waals surface area contributed by atoms with Crippen LogP contribution in [0.1, 0.15) is 12.6 Å². The molecular formula is C12H19N3O6. The first-order chi connectivity index (χ1) is 10.0. The van der Waals surface area contributed by atoms with Crippen molar-refractivity contribution in [3.05, 3.63) is 33.1 Å². The van der Waals surface area contributed by atoms with Crippen molar-refractivity contribution in [3.8, 4) is 0 Å². The maximum absolute atomic E-state index is 11.7. The third-order valence-corrected chi connectivity index (χ3v) is 3.24. The van der Waals surface area contributed by atoms with Crippen LogP contribution in [0.3, 0.4) is 0 Å². The minimum absolute atomic E-state index is 0.0762. The molecule has 0 spiro atoms. The maximum atomic E-state index is 11.7. The molecule has 9 heteroatoms. The smallest absolute Gasteiger partial charge is 0.330 e. The highest BCUT2D eigenvalue weighted by Crippen LogP contribution is 2.28. The Hall–Kier alpha value is -1.52. The molecule has 2 rings (SSSR count). The molecule has 2 heterocycles. The lowest BCUT2D eigenvalue weighted by Gasteiger charge is -2.16. The number of aliphatic hydroxyl groups excluding tert-OH is 2. The monoisotopic (exact) mass is 301 g/mol. The Bertz CT molecular complexity index is 571. The van der Waals surface area contributed by atoms with Crippen LogP contribution >= 0.6 is 0 Å². The van der Waals surface area contributed by atoms with Gasteiger partial charge in [0.25, 0.3) is 5.56 Å². The van der Waals surface area contributed by atoms with E-state index in [1.54, 1.807) is 0 Å². The van der Waals surface area contributed by atoms with E-state index in [0.29, 0.717) is 19.6 Å². The molecule has 5 N–H and O–H groups in total. The molecular weight excluding hydrogens is 282 g/mol. The summed E-state index contributed by atoms with van der Waals surface area (Å²) in [6, 6.07) is 1.13. The van der Waals surface area contributed by atoms with Crippen LogP contribution in [0.15, 0.2) is 21.9 Å². The molecule has 1 aliphatic heterocycles. The third-order valence-electron chi connectivity index (χ3n) is 3.24. The summed E-state index contributed by atoms with van der Waals surface area (Å²) in [7, 11) is 0. The summed E-state index contributed by atoms with van der Waals surface area (Å²) >= 11 is 0. The van der Waals surface area contributed by atoms with Crippen LogP contribution in [0, 0.1) is 0 Å². The zero-order chi connectivity index (χ0) is 15.4. The number of H-pyrrole nitrogens is 1. The first-order valence-corrected chi connectivity index (χ1v) is 6.65. The number of ether oxygens (including phenoxy) is 2. The molecule has 0 radical (unpaired) electrons. The van der Waals surface area contributed by atoms with Gasteiger partial charge in [-0.3, -0.25) is 14.3 Å². The maximum Gasteiger partial charge on any atom is 0.330 e. The zero-order valence-electron chi connectivity index (χ0n) is 11.3. The quantitative estimate of drug-likeness (QED) is 0.426. The Kier molecular flexibility index (Phi) is 5.26. The predicted octanol–water partition coefficient (Wildman–Crippen LogP) is -2.48. The van der Waals surface area contributed by atoms with Gasteiger partial charge in [0.2, 0.25) is 0 Å². The largest absolute Gasteiger partial charge is 0.387 e. The molecule has 1 aliphatic rings. The van der Waals surface area contributed by atoms with Gasteiger partial charge in [-0.15, -0.1) is 0 Å². The average molecular weight is 301 g/mol. The standard InChI is InChI=1S/C12H19N3O6/c13-3-1-5-20-6-7-9(17)10(18)11(21-7)15-4-2-8(16)14-12(15)19/h2,4,7,9-11,17-18H,1,3,5-6,13H2,(H,14,16,19)/t7-,9-,10-,11-/m1/s1. The number of rotatable bonds is 6. The molecule has 0 saturated carbocycles. The molecule has 0 unspecified atom stereocenters. The van der Waals surface area contributed by atoms with Crippen molar-refractivity contribution < 1.29 is 19.7 Å². The van der Waals surface area contributed by atoms with Crippen molar-refractivity contribution in [2.45, 2.75) is 31.0 Å². The van der Waals surface area contributed by atoms with Gasteiger partial charge < -0.3 is 25.4 Å². The molecule has 0 aromatic carbocycles. The van der Waals surface area contributed by atoms with Gasteiger partial charge in [0, 0.05) is 18.9 Å². The molecule has 1 aromatic heterocycles.